The highest BCUT2D eigenvalue weighted by molar-refractivity contribution is 7.85. The van der Waals surface area contributed by atoms with Crippen LogP contribution in [-0.2, 0) is 19.6 Å². The summed E-state index contributed by atoms with van der Waals surface area (Å²) >= 11 is 0. The zero-order chi connectivity index (χ0) is 21.3. The van der Waals surface area contributed by atoms with Gasteiger partial charge in [-0.3, -0.25) is 9.35 Å². The number of benzene rings is 1. The SMILES string of the molecule is CCCCCCCCCCCC(=O)OCCN.Cc1ccc(S(=O)(=O)O)cc1. The molecule has 0 unspecified atom stereocenters. The summed E-state index contributed by atoms with van der Waals surface area (Å²) in [6.45, 7) is 4.86. The van der Waals surface area contributed by atoms with Crippen molar-refractivity contribution < 1.29 is 22.5 Å². The molecular weight excluding hydrogens is 378 g/mol. The molecule has 0 atom stereocenters. The van der Waals surface area contributed by atoms with E-state index < -0.39 is 10.1 Å². The summed E-state index contributed by atoms with van der Waals surface area (Å²) in [6.07, 6.45) is 12.0. The average molecular weight is 416 g/mol. The summed E-state index contributed by atoms with van der Waals surface area (Å²) in [6, 6.07) is 5.99. The molecule has 3 N–H and O–H groups in total. The van der Waals surface area contributed by atoms with Crippen molar-refractivity contribution in [2.75, 3.05) is 13.2 Å². The Morgan fingerprint density at radius 3 is 1.93 bits per heavy atom. The molecule has 0 aromatic heterocycles. The number of nitrogens with two attached hydrogens (primary N) is 1. The number of unbranched alkanes of at least 4 members (excludes halogenated alkanes) is 8. The molecule has 0 heterocycles. The first kappa shape index (κ1) is 26.6. The monoisotopic (exact) mass is 415 g/mol. The predicted octanol–water partition coefficient (Wildman–Crippen LogP) is 4.65. The first-order chi connectivity index (χ1) is 13.3. The van der Waals surface area contributed by atoms with Gasteiger partial charge in [-0.2, -0.15) is 8.42 Å². The quantitative estimate of drug-likeness (QED) is 0.276. The number of esters is 1. The second-order valence-electron chi connectivity index (χ2n) is 6.88. The predicted molar refractivity (Wildman–Crippen MR) is 113 cm³/mol. The largest absolute Gasteiger partial charge is 0.464 e. The van der Waals surface area contributed by atoms with Gasteiger partial charge in [0.1, 0.15) is 6.61 Å². The van der Waals surface area contributed by atoms with Gasteiger partial charge in [-0.25, -0.2) is 0 Å². The third-order valence-corrected chi connectivity index (χ3v) is 5.05. The van der Waals surface area contributed by atoms with E-state index >= 15 is 0 Å². The van der Waals surface area contributed by atoms with Crippen LogP contribution < -0.4 is 5.73 Å². The number of carbonyl (C=O) groups excluding carboxylic acids is 1. The zero-order valence-electron chi connectivity index (χ0n) is 17.4. The Hall–Kier alpha value is -1.44. The molecule has 0 bridgehead atoms. The molecular formula is C21H37NO5S. The van der Waals surface area contributed by atoms with E-state index in [1.807, 2.05) is 6.92 Å². The lowest BCUT2D eigenvalue weighted by atomic mass is 10.1. The molecule has 6 nitrogen and oxygen atoms in total. The number of carbonyl (C=O) groups is 1. The average Bonchev–Trinajstić information content (AvgIpc) is 2.65. The molecule has 1 aromatic rings. The lowest BCUT2D eigenvalue weighted by Crippen LogP contribution is -2.13. The Labute approximate surface area is 170 Å². The molecule has 0 saturated carbocycles. The van der Waals surface area contributed by atoms with E-state index in [1.165, 1.54) is 57.1 Å². The Bertz CT molecular complexity index is 614. The zero-order valence-corrected chi connectivity index (χ0v) is 18.2. The summed E-state index contributed by atoms with van der Waals surface area (Å²) in [7, 11) is -4.02. The fraction of sp³-hybridized carbons (Fsp3) is 0.667. The van der Waals surface area contributed by atoms with E-state index in [4.69, 9.17) is 15.0 Å². The van der Waals surface area contributed by atoms with E-state index in [9.17, 15) is 13.2 Å². The first-order valence-corrected chi connectivity index (χ1v) is 11.6. The van der Waals surface area contributed by atoms with Gasteiger partial charge in [0.2, 0.25) is 0 Å². The molecule has 7 heteroatoms. The maximum absolute atomic E-state index is 11.1. The molecule has 0 saturated heterocycles. The molecule has 1 rings (SSSR count). The number of hydrogen-bond acceptors (Lipinski definition) is 5. The topological polar surface area (TPSA) is 107 Å². The highest BCUT2D eigenvalue weighted by Gasteiger charge is 2.06. The number of aryl methyl sites for hydroxylation is 1. The van der Waals surface area contributed by atoms with Crippen molar-refractivity contribution in [3.05, 3.63) is 29.8 Å². The van der Waals surface area contributed by atoms with Crippen molar-refractivity contribution in [2.45, 2.75) is 83.0 Å². The van der Waals surface area contributed by atoms with Crippen LogP contribution in [-0.4, -0.2) is 32.1 Å². The lowest BCUT2D eigenvalue weighted by Gasteiger charge is -2.03. The minimum absolute atomic E-state index is 0.0666. The van der Waals surface area contributed by atoms with Gasteiger partial charge in [-0.05, 0) is 25.5 Å². The number of hydrogen-bond donors (Lipinski definition) is 2. The van der Waals surface area contributed by atoms with Crippen LogP contribution in [0.1, 0.15) is 76.7 Å². The van der Waals surface area contributed by atoms with Gasteiger partial charge in [0.05, 0.1) is 4.90 Å². The van der Waals surface area contributed by atoms with Gasteiger partial charge in [-0.1, -0.05) is 76.0 Å². The van der Waals surface area contributed by atoms with Crippen molar-refractivity contribution in [2.24, 2.45) is 5.73 Å². The summed E-state index contributed by atoms with van der Waals surface area (Å²) in [5.74, 6) is -0.0987. The minimum atomic E-state index is -4.02. The molecule has 0 aliphatic carbocycles. The number of rotatable bonds is 13. The van der Waals surface area contributed by atoms with E-state index in [0.29, 0.717) is 19.6 Å². The van der Waals surface area contributed by atoms with Crippen LogP contribution in [0.4, 0.5) is 0 Å². The molecule has 0 aliphatic heterocycles. The van der Waals surface area contributed by atoms with Crippen molar-refractivity contribution in [1.82, 2.24) is 0 Å². The molecule has 0 spiro atoms. The highest BCUT2D eigenvalue weighted by atomic mass is 32.2. The fourth-order valence-electron chi connectivity index (χ4n) is 2.54. The van der Waals surface area contributed by atoms with E-state index in [-0.39, 0.29) is 10.9 Å². The van der Waals surface area contributed by atoms with E-state index in [1.54, 1.807) is 12.1 Å². The van der Waals surface area contributed by atoms with Gasteiger partial charge in [0, 0.05) is 13.0 Å². The van der Waals surface area contributed by atoms with Crippen LogP contribution in [0.2, 0.25) is 0 Å². The Morgan fingerprint density at radius 2 is 1.46 bits per heavy atom. The van der Waals surface area contributed by atoms with Crippen LogP contribution in [0.15, 0.2) is 29.2 Å². The molecule has 0 aliphatic rings. The smallest absolute Gasteiger partial charge is 0.305 e. The standard InChI is InChI=1S/C14H29NO2.C7H8O3S/c1-2-3-4-5-6-7-8-9-10-11-14(16)17-13-12-15;1-6-2-4-7(5-3-6)11(8,9)10/h2-13,15H2,1H3;2-5H,1H3,(H,8,9,10). The van der Waals surface area contributed by atoms with Gasteiger partial charge < -0.3 is 10.5 Å². The molecule has 0 radical (unpaired) electrons. The second kappa shape index (κ2) is 16.5. The van der Waals surface area contributed by atoms with Gasteiger partial charge in [0.15, 0.2) is 0 Å². The van der Waals surface area contributed by atoms with Crippen LogP contribution in [0, 0.1) is 6.92 Å². The van der Waals surface area contributed by atoms with Crippen molar-refractivity contribution >= 4 is 16.1 Å². The molecule has 28 heavy (non-hydrogen) atoms. The third-order valence-electron chi connectivity index (χ3n) is 4.18. The van der Waals surface area contributed by atoms with Crippen LogP contribution >= 0.6 is 0 Å². The third kappa shape index (κ3) is 15.6. The van der Waals surface area contributed by atoms with Gasteiger partial charge >= 0.3 is 5.97 Å². The summed E-state index contributed by atoms with van der Waals surface area (Å²) in [4.78, 5) is 11.1. The van der Waals surface area contributed by atoms with E-state index in [2.05, 4.69) is 6.92 Å². The second-order valence-corrected chi connectivity index (χ2v) is 8.30. The fourth-order valence-corrected chi connectivity index (χ4v) is 3.02. The molecule has 0 fully saturated rings. The lowest BCUT2D eigenvalue weighted by molar-refractivity contribution is -0.143. The van der Waals surface area contributed by atoms with Crippen LogP contribution in [0.3, 0.4) is 0 Å². The normalized spacial score (nSPS) is 10.9. The maximum atomic E-state index is 11.1. The maximum Gasteiger partial charge on any atom is 0.305 e. The minimum Gasteiger partial charge on any atom is -0.464 e. The molecule has 1 aromatic carbocycles. The molecule has 0 amide bonds. The number of ether oxygens (including phenoxy) is 1. The van der Waals surface area contributed by atoms with Crippen LogP contribution in [0.25, 0.3) is 0 Å². The van der Waals surface area contributed by atoms with Crippen molar-refractivity contribution in [3.63, 3.8) is 0 Å². The van der Waals surface area contributed by atoms with Crippen molar-refractivity contribution in [3.8, 4) is 0 Å². The van der Waals surface area contributed by atoms with Gasteiger partial charge in [0.25, 0.3) is 10.1 Å². The Kier molecular flexibility index (Phi) is 15.7. The first-order valence-electron chi connectivity index (χ1n) is 10.2. The Morgan fingerprint density at radius 1 is 0.964 bits per heavy atom. The summed E-state index contributed by atoms with van der Waals surface area (Å²) in [5.41, 5.74) is 6.20. The van der Waals surface area contributed by atoms with Gasteiger partial charge in [-0.15, -0.1) is 0 Å². The highest BCUT2D eigenvalue weighted by Crippen LogP contribution is 2.11. The van der Waals surface area contributed by atoms with Crippen LogP contribution in [0.5, 0.6) is 0 Å². The van der Waals surface area contributed by atoms with E-state index in [0.717, 1.165) is 18.4 Å². The van der Waals surface area contributed by atoms with Crippen molar-refractivity contribution in [1.29, 1.82) is 0 Å². The summed E-state index contributed by atoms with van der Waals surface area (Å²) in [5, 5.41) is 0. The Balaban J connectivity index is 0.000000567. The summed E-state index contributed by atoms with van der Waals surface area (Å²) < 4.78 is 34.5. The molecule has 162 valence electrons.